The van der Waals surface area contributed by atoms with Crippen LogP contribution >= 0.6 is 0 Å². The zero-order valence-corrected chi connectivity index (χ0v) is 13.6. The lowest BCUT2D eigenvalue weighted by Gasteiger charge is -2.18. The highest BCUT2D eigenvalue weighted by Gasteiger charge is 2.12. The van der Waals surface area contributed by atoms with Crippen LogP contribution in [0.25, 0.3) is 6.08 Å². The highest BCUT2D eigenvalue weighted by molar-refractivity contribution is 5.91. The van der Waals surface area contributed by atoms with Crippen LogP contribution in [0.4, 0.5) is 0 Å². The minimum absolute atomic E-state index is 0.0635. The highest BCUT2D eigenvalue weighted by Crippen LogP contribution is 2.22. The van der Waals surface area contributed by atoms with E-state index in [2.05, 4.69) is 38.2 Å². The van der Waals surface area contributed by atoms with Crippen molar-refractivity contribution >= 4 is 12.0 Å². The Labute approximate surface area is 128 Å². The maximum atomic E-state index is 11.6. The van der Waals surface area contributed by atoms with Gasteiger partial charge in [0.15, 0.2) is 0 Å². The third-order valence-electron chi connectivity index (χ3n) is 3.17. The van der Waals surface area contributed by atoms with Crippen molar-refractivity contribution < 1.29 is 9.53 Å². The number of benzene rings is 1. The van der Waals surface area contributed by atoms with Gasteiger partial charge in [-0.25, -0.2) is 0 Å². The number of nitrogens with one attached hydrogen (secondary N) is 1. The molecule has 1 rings (SSSR count). The Bertz CT molecular complexity index is 455. The van der Waals surface area contributed by atoms with E-state index >= 15 is 0 Å². The molecule has 0 aliphatic carbocycles. The fourth-order valence-corrected chi connectivity index (χ4v) is 1.86. The SMILES string of the molecule is CCOCCCNC(=O)/C=C/c1ccc(C(C)(C)C)cc1. The van der Waals surface area contributed by atoms with Gasteiger partial charge in [0.05, 0.1) is 0 Å². The van der Waals surface area contributed by atoms with Gasteiger partial charge in [0.1, 0.15) is 0 Å². The summed E-state index contributed by atoms with van der Waals surface area (Å²) in [4.78, 5) is 11.6. The molecule has 0 aliphatic heterocycles. The lowest BCUT2D eigenvalue weighted by Crippen LogP contribution is -2.23. The summed E-state index contributed by atoms with van der Waals surface area (Å²) in [6.45, 7) is 10.6. The summed E-state index contributed by atoms with van der Waals surface area (Å²) >= 11 is 0. The molecule has 0 saturated heterocycles. The Hall–Kier alpha value is -1.61. The van der Waals surface area contributed by atoms with Crippen molar-refractivity contribution in [1.29, 1.82) is 0 Å². The Balaban J connectivity index is 2.40. The van der Waals surface area contributed by atoms with Crippen molar-refractivity contribution in [3.05, 3.63) is 41.5 Å². The summed E-state index contributed by atoms with van der Waals surface area (Å²) in [5.74, 6) is -0.0635. The third-order valence-corrected chi connectivity index (χ3v) is 3.17. The van der Waals surface area contributed by atoms with Crippen LogP contribution in [-0.2, 0) is 14.9 Å². The van der Waals surface area contributed by atoms with Crippen LogP contribution in [0.1, 0.15) is 45.2 Å². The monoisotopic (exact) mass is 289 g/mol. The van der Waals surface area contributed by atoms with E-state index in [0.29, 0.717) is 13.2 Å². The molecule has 0 fully saturated rings. The smallest absolute Gasteiger partial charge is 0.244 e. The number of amides is 1. The molecule has 3 heteroatoms. The molecule has 21 heavy (non-hydrogen) atoms. The average Bonchev–Trinajstić information content (AvgIpc) is 2.44. The van der Waals surface area contributed by atoms with E-state index in [9.17, 15) is 4.79 Å². The molecule has 1 aromatic carbocycles. The van der Waals surface area contributed by atoms with E-state index in [4.69, 9.17) is 4.74 Å². The molecule has 1 aromatic rings. The van der Waals surface area contributed by atoms with Gasteiger partial charge in [-0.05, 0) is 36.0 Å². The largest absolute Gasteiger partial charge is 0.382 e. The Kier molecular flexibility index (Phi) is 7.17. The first kappa shape index (κ1) is 17.4. The van der Waals surface area contributed by atoms with Gasteiger partial charge in [0.2, 0.25) is 5.91 Å². The summed E-state index contributed by atoms with van der Waals surface area (Å²) in [5, 5.41) is 2.84. The second kappa shape index (κ2) is 8.63. The van der Waals surface area contributed by atoms with Crippen molar-refractivity contribution in [1.82, 2.24) is 5.32 Å². The molecule has 0 bridgehead atoms. The summed E-state index contributed by atoms with van der Waals surface area (Å²) in [6.07, 6.45) is 4.25. The Morgan fingerprint density at radius 3 is 2.48 bits per heavy atom. The molecule has 1 amide bonds. The minimum Gasteiger partial charge on any atom is -0.382 e. The van der Waals surface area contributed by atoms with Crippen molar-refractivity contribution in [2.75, 3.05) is 19.8 Å². The van der Waals surface area contributed by atoms with E-state index in [1.165, 1.54) is 5.56 Å². The lowest BCUT2D eigenvalue weighted by molar-refractivity contribution is -0.116. The first-order valence-corrected chi connectivity index (χ1v) is 7.57. The van der Waals surface area contributed by atoms with Gasteiger partial charge < -0.3 is 10.1 Å². The lowest BCUT2D eigenvalue weighted by atomic mass is 9.87. The van der Waals surface area contributed by atoms with Crippen LogP contribution in [0, 0.1) is 0 Å². The van der Waals surface area contributed by atoms with Gasteiger partial charge in [0.25, 0.3) is 0 Å². The van der Waals surface area contributed by atoms with E-state index in [0.717, 1.165) is 18.6 Å². The summed E-state index contributed by atoms with van der Waals surface area (Å²) < 4.78 is 5.21. The molecule has 116 valence electrons. The molecular weight excluding hydrogens is 262 g/mol. The molecule has 0 saturated carbocycles. The maximum Gasteiger partial charge on any atom is 0.244 e. The van der Waals surface area contributed by atoms with E-state index in [-0.39, 0.29) is 11.3 Å². The summed E-state index contributed by atoms with van der Waals surface area (Å²) in [7, 11) is 0. The van der Waals surface area contributed by atoms with Crippen molar-refractivity contribution in [2.45, 2.75) is 39.5 Å². The van der Waals surface area contributed by atoms with Crippen molar-refractivity contribution in [2.24, 2.45) is 0 Å². The van der Waals surface area contributed by atoms with Gasteiger partial charge >= 0.3 is 0 Å². The molecule has 0 spiro atoms. The number of carbonyl (C=O) groups excluding carboxylic acids is 1. The van der Waals surface area contributed by atoms with Gasteiger partial charge in [0, 0.05) is 25.8 Å². The van der Waals surface area contributed by atoms with Crippen molar-refractivity contribution in [3.63, 3.8) is 0 Å². The predicted molar refractivity (Wildman–Crippen MR) is 88.3 cm³/mol. The number of hydrogen-bond acceptors (Lipinski definition) is 2. The van der Waals surface area contributed by atoms with E-state index < -0.39 is 0 Å². The predicted octanol–water partition coefficient (Wildman–Crippen LogP) is 3.54. The molecule has 0 heterocycles. The summed E-state index contributed by atoms with van der Waals surface area (Å²) in [6, 6.07) is 8.30. The number of carbonyl (C=O) groups is 1. The topological polar surface area (TPSA) is 38.3 Å². The van der Waals surface area contributed by atoms with Crippen molar-refractivity contribution in [3.8, 4) is 0 Å². The highest BCUT2D eigenvalue weighted by atomic mass is 16.5. The van der Waals surface area contributed by atoms with E-state index in [1.54, 1.807) is 6.08 Å². The Morgan fingerprint density at radius 2 is 1.90 bits per heavy atom. The number of ether oxygens (including phenoxy) is 1. The number of rotatable bonds is 7. The average molecular weight is 289 g/mol. The fourth-order valence-electron chi connectivity index (χ4n) is 1.86. The van der Waals surface area contributed by atoms with Gasteiger partial charge in [-0.3, -0.25) is 4.79 Å². The maximum absolute atomic E-state index is 11.6. The first-order chi connectivity index (χ1) is 9.93. The van der Waals surface area contributed by atoms with Crippen LogP contribution in [-0.4, -0.2) is 25.7 Å². The van der Waals surface area contributed by atoms with E-state index in [1.807, 2.05) is 25.1 Å². The fraction of sp³-hybridized carbons (Fsp3) is 0.500. The second-order valence-corrected chi connectivity index (χ2v) is 6.05. The van der Waals surface area contributed by atoms with Crippen LogP contribution < -0.4 is 5.32 Å². The van der Waals surface area contributed by atoms with Crippen LogP contribution in [0.3, 0.4) is 0 Å². The Morgan fingerprint density at radius 1 is 1.24 bits per heavy atom. The summed E-state index contributed by atoms with van der Waals surface area (Å²) in [5.41, 5.74) is 2.48. The third kappa shape index (κ3) is 7.09. The zero-order valence-electron chi connectivity index (χ0n) is 13.6. The molecule has 0 atom stereocenters. The quantitative estimate of drug-likeness (QED) is 0.616. The molecular formula is C18H27NO2. The second-order valence-electron chi connectivity index (χ2n) is 6.05. The molecule has 0 radical (unpaired) electrons. The zero-order chi connectivity index (χ0) is 15.7. The van der Waals surface area contributed by atoms with Gasteiger partial charge in [-0.2, -0.15) is 0 Å². The molecule has 0 aliphatic rings. The van der Waals surface area contributed by atoms with Crippen LogP contribution in [0.15, 0.2) is 30.3 Å². The normalized spacial score (nSPS) is 11.8. The van der Waals surface area contributed by atoms with Gasteiger partial charge in [-0.15, -0.1) is 0 Å². The first-order valence-electron chi connectivity index (χ1n) is 7.57. The minimum atomic E-state index is -0.0635. The molecule has 0 unspecified atom stereocenters. The number of hydrogen-bond donors (Lipinski definition) is 1. The molecule has 1 N–H and O–H groups in total. The standard InChI is InChI=1S/C18H27NO2/c1-5-21-14-6-13-19-17(20)12-9-15-7-10-16(11-8-15)18(2,3)4/h7-12H,5-6,13-14H2,1-4H3,(H,19,20)/b12-9+. The van der Waals surface area contributed by atoms with Crippen LogP contribution in [0.5, 0.6) is 0 Å². The molecule has 3 nitrogen and oxygen atoms in total. The van der Waals surface area contributed by atoms with Crippen LogP contribution in [0.2, 0.25) is 0 Å². The molecule has 0 aromatic heterocycles. The van der Waals surface area contributed by atoms with Gasteiger partial charge in [-0.1, -0.05) is 45.0 Å².